The van der Waals surface area contributed by atoms with Crippen LogP contribution in [-0.4, -0.2) is 12.7 Å². The molecule has 8 heavy (non-hydrogen) atoms. The van der Waals surface area contributed by atoms with Gasteiger partial charge in [-0.25, -0.2) is 0 Å². The number of hydrogen-bond acceptors (Lipinski definition) is 1. The Bertz CT molecular complexity index is 59.4. The summed E-state index contributed by atoms with van der Waals surface area (Å²) in [6, 6.07) is 0. The van der Waals surface area contributed by atoms with Crippen LogP contribution in [0.4, 0.5) is 0 Å². The van der Waals surface area contributed by atoms with Gasteiger partial charge in [0.25, 0.3) is 0 Å². The number of ether oxygens (including phenoxy) is 1. The molecule has 0 aromatic carbocycles. The van der Waals surface area contributed by atoms with Gasteiger partial charge in [-0.3, -0.25) is 0 Å². The van der Waals surface area contributed by atoms with Gasteiger partial charge in [-0.15, -0.1) is 6.58 Å². The zero-order valence-corrected chi connectivity index (χ0v) is 5.39. The maximum absolute atomic E-state index is 5.16. The SMILES string of the molecule is [CH2]CC(C)OCC=C. The lowest BCUT2D eigenvalue weighted by Gasteiger charge is -2.06. The van der Waals surface area contributed by atoms with E-state index in [1.165, 1.54) is 0 Å². The van der Waals surface area contributed by atoms with E-state index in [1.54, 1.807) is 6.08 Å². The minimum absolute atomic E-state index is 0.271. The van der Waals surface area contributed by atoms with Gasteiger partial charge in [-0.1, -0.05) is 13.0 Å². The van der Waals surface area contributed by atoms with E-state index >= 15 is 0 Å². The second-order valence-corrected chi connectivity index (χ2v) is 1.72. The second kappa shape index (κ2) is 4.85. The molecule has 0 N–H and O–H groups in total. The molecule has 1 radical (unpaired) electrons. The molecule has 0 aliphatic rings. The Hall–Kier alpha value is -0.300. The van der Waals surface area contributed by atoms with Gasteiger partial charge in [0.05, 0.1) is 12.7 Å². The van der Waals surface area contributed by atoms with Gasteiger partial charge in [-0.05, 0) is 13.3 Å². The van der Waals surface area contributed by atoms with Gasteiger partial charge in [0, 0.05) is 0 Å². The fraction of sp³-hybridized carbons (Fsp3) is 0.571. The third kappa shape index (κ3) is 3.88. The van der Waals surface area contributed by atoms with Crippen molar-refractivity contribution in [3.05, 3.63) is 19.6 Å². The summed E-state index contributed by atoms with van der Waals surface area (Å²) in [5.41, 5.74) is 0. The summed E-state index contributed by atoms with van der Waals surface area (Å²) in [6.07, 6.45) is 2.84. The van der Waals surface area contributed by atoms with Crippen molar-refractivity contribution in [1.82, 2.24) is 0 Å². The van der Waals surface area contributed by atoms with E-state index in [2.05, 4.69) is 13.5 Å². The first-order valence-corrected chi connectivity index (χ1v) is 2.83. The maximum Gasteiger partial charge on any atom is 0.0648 e. The van der Waals surface area contributed by atoms with E-state index in [0.717, 1.165) is 6.42 Å². The highest BCUT2D eigenvalue weighted by Crippen LogP contribution is 1.93. The van der Waals surface area contributed by atoms with Crippen LogP contribution in [0.3, 0.4) is 0 Å². The molecule has 0 aliphatic heterocycles. The molecule has 0 spiro atoms. The van der Waals surface area contributed by atoms with Crippen molar-refractivity contribution in [2.24, 2.45) is 0 Å². The van der Waals surface area contributed by atoms with Crippen molar-refractivity contribution < 1.29 is 4.74 Å². The normalized spacial score (nSPS) is 13.2. The molecular formula is C7H13O. The third-order valence-electron chi connectivity index (χ3n) is 0.905. The smallest absolute Gasteiger partial charge is 0.0648 e. The van der Waals surface area contributed by atoms with Crippen molar-refractivity contribution >= 4 is 0 Å². The van der Waals surface area contributed by atoms with Crippen LogP contribution < -0.4 is 0 Å². The van der Waals surface area contributed by atoms with Gasteiger partial charge in [-0.2, -0.15) is 0 Å². The van der Waals surface area contributed by atoms with Crippen LogP contribution >= 0.6 is 0 Å². The lowest BCUT2D eigenvalue weighted by atomic mass is 10.3. The Morgan fingerprint density at radius 2 is 2.38 bits per heavy atom. The number of rotatable bonds is 4. The number of hydrogen-bond donors (Lipinski definition) is 0. The Morgan fingerprint density at radius 3 is 2.75 bits per heavy atom. The van der Waals surface area contributed by atoms with E-state index in [-0.39, 0.29) is 6.10 Å². The van der Waals surface area contributed by atoms with Gasteiger partial charge in [0.15, 0.2) is 0 Å². The maximum atomic E-state index is 5.16. The molecule has 0 heterocycles. The molecule has 0 saturated carbocycles. The van der Waals surface area contributed by atoms with Crippen molar-refractivity contribution in [1.29, 1.82) is 0 Å². The summed E-state index contributed by atoms with van der Waals surface area (Å²) in [7, 11) is 0. The molecule has 1 atom stereocenters. The Labute approximate surface area is 51.4 Å². The van der Waals surface area contributed by atoms with Crippen molar-refractivity contribution in [2.45, 2.75) is 19.4 Å². The van der Waals surface area contributed by atoms with E-state index in [9.17, 15) is 0 Å². The van der Waals surface area contributed by atoms with Gasteiger partial charge < -0.3 is 4.74 Å². The fourth-order valence-corrected chi connectivity index (χ4v) is 0.316. The molecule has 1 unspecified atom stereocenters. The molecule has 0 aliphatic carbocycles. The Balaban J connectivity index is 2.97. The largest absolute Gasteiger partial charge is 0.374 e. The summed E-state index contributed by atoms with van der Waals surface area (Å²) in [4.78, 5) is 0. The van der Waals surface area contributed by atoms with Crippen LogP contribution in [-0.2, 0) is 4.74 Å². The predicted octanol–water partition coefficient (Wildman–Crippen LogP) is 1.80. The average molecular weight is 113 g/mol. The van der Waals surface area contributed by atoms with E-state index < -0.39 is 0 Å². The standard InChI is InChI=1S/C7H13O/c1-4-6-8-7(3)5-2/h4,7H,1-2,5-6H2,3H3. The summed E-state index contributed by atoms with van der Waals surface area (Å²) in [5, 5.41) is 0. The molecule has 0 bridgehead atoms. The molecule has 0 aromatic heterocycles. The average Bonchev–Trinajstić information content (AvgIpc) is 1.83. The zero-order valence-electron chi connectivity index (χ0n) is 5.39. The minimum Gasteiger partial charge on any atom is -0.374 e. The van der Waals surface area contributed by atoms with Gasteiger partial charge in [0.1, 0.15) is 0 Å². The highest BCUT2D eigenvalue weighted by molar-refractivity contribution is 4.65. The van der Waals surface area contributed by atoms with Gasteiger partial charge >= 0.3 is 0 Å². The lowest BCUT2D eigenvalue weighted by Crippen LogP contribution is -2.05. The monoisotopic (exact) mass is 113 g/mol. The quantitative estimate of drug-likeness (QED) is 0.505. The molecular weight excluding hydrogens is 100 g/mol. The first-order valence-electron chi connectivity index (χ1n) is 2.83. The first kappa shape index (κ1) is 7.70. The summed E-state index contributed by atoms with van der Waals surface area (Å²) < 4.78 is 5.16. The summed E-state index contributed by atoms with van der Waals surface area (Å²) in [5.74, 6) is 0. The topological polar surface area (TPSA) is 9.23 Å². The van der Waals surface area contributed by atoms with Crippen LogP contribution in [0.2, 0.25) is 0 Å². The van der Waals surface area contributed by atoms with Crippen LogP contribution in [0.1, 0.15) is 13.3 Å². The summed E-state index contributed by atoms with van der Waals surface area (Å²) in [6.45, 7) is 9.83. The van der Waals surface area contributed by atoms with Gasteiger partial charge in [0.2, 0.25) is 0 Å². The first-order chi connectivity index (χ1) is 3.81. The third-order valence-corrected chi connectivity index (χ3v) is 0.905. The molecule has 0 rings (SSSR count). The molecule has 0 aromatic rings. The van der Waals surface area contributed by atoms with E-state index in [1.807, 2.05) is 6.92 Å². The Morgan fingerprint density at radius 1 is 1.75 bits per heavy atom. The van der Waals surface area contributed by atoms with E-state index in [0.29, 0.717) is 6.61 Å². The second-order valence-electron chi connectivity index (χ2n) is 1.72. The minimum atomic E-state index is 0.271. The highest BCUT2D eigenvalue weighted by atomic mass is 16.5. The van der Waals surface area contributed by atoms with Crippen LogP contribution in [0.15, 0.2) is 12.7 Å². The Kier molecular flexibility index (Phi) is 4.67. The van der Waals surface area contributed by atoms with Crippen molar-refractivity contribution in [3.63, 3.8) is 0 Å². The highest BCUT2D eigenvalue weighted by Gasteiger charge is 1.92. The van der Waals surface area contributed by atoms with Crippen LogP contribution in [0.5, 0.6) is 0 Å². The van der Waals surface area contributed by atoms with Crippen molar-refractivity contribution in [2.75, 3.05) is 6.61 Å². The molecule has 0 amide bonds. The predicted molar refractivity (Wildman–Crippen MR) is 35.6 cm³/mol. The molecule has 0 fully saturated rings. The molecule has 1 nitrogen and oxygen atoms in total. The molecule has 47 valence electrons. The fourth-order valence-electron chi connectivity index (χ4n) is 0.316. The van der Waals surface area contributed by atoms with Crippen molar-refractivity contribution in [3.8, 4) is 0 Å². The molecule has 1 heteroatoms. The van der Waals surface area contributed by atoms with E-state index in [4.69, 9.17) is 4.74 Å². The summed E-state index contributed by atoms with van der Waals surface area (Å²) >= 11 is 0. The van der Waals surface area contributed by atoms with Crippen LogP contribution in [0.25, 0.3) is 0 Å². The molecule has 0 saturated heterocycles. The lowest BCUT2D eigenvalue weighted by molar-refractivity contribution is 0.0904. The van der Waals surface area contributed by atoms with Crippen LogP contribution in [0, 0.1) is 6.92 Å². The zero-order chi connectivity index (χ0) is 6.41.